The average Bonchev–Trinajstić information content (AvgIpc) is 2.97. The maximum atomic E-state index is 3.70. The van der Waals surface area contributed by atoms with E-state index in [1.807, 2.05) is 0 Å². The summed E-state index contributed by atoms with van der Waals surface area (Å²) >= 11 is 0. The van der Waals surface area contributed by atoms with Crippen LogP contribution in [0, 0.1) is 5.92 Å². The molecule has 1 nitrogen and oxygen atoms in total. The molecule has 2 unspecified atom stereocenters. The van der Waals surface area contributed by atoms with E-state index in [2.05, 4.69) is 92.0 Å². The number of rotatable bonds is 3. The lowest BCUT2D eigenvalue weighted by Crippen LogP contribution is -2.24. The van der Waals surface area contributed by atoms with Gasteiger partial charge in [0.05, 0.1) is 0 Å². The Morgan fingerprint density at radius 3 is 2.54 bits per heavy atom. The lowest BCUT2D eigenvalue weighted by molar-refractivity contribution is 0.394. The first kappa shape index (κ1) is 17.6. The van der Waals surface area contributed by atoms with Crippen LogP contribution in [0.15, 0.2) is 89.7 Å². The topological polar surface area (TPSA) is 12.0 Å². The van der Waals surface area contributed by atoms with Crippen LogP contribution in [0.25, 0.3) is 0 Å². The van der Waals surface area contributed by atoms with E-state index in [1.54, 1.807) is 0 Å². The standard InChI is InChI=1S/C27H29N/c1-27(2)25-11-7-6-10-23(25)24-17-16-22(18-26(24)27)28-21-14-12-20(13-15-21)19-8-4-3-5-9-19/h3-4,6-8,10-12,14,16-18,23,25,28H,5,9,13,15H2,1-2H3. The van der Waals surface area contributed by atoms with E-state index in [1.165, 1.54) is 46.5 Å². The van der Waals surface area contributed by atoms with Gasteiger partial charge in [-0.2, -0.15) is 0 Å². The summed E-state index contributed by atoms with van der Waals surface area (Å²) in [5.74, 6) is 1.10. The van der Waals surface area contributed by atoms with Crippen molar-refractivity contribution < 1.29 is 0 Å². The first-order valence-corrected chi connectivity index (χ1v) is 10.7. The number of nitrogens with one attached hydrogen (secondary N) is 1. The third-order valence-electron chi connectivity index (χ3n) is 6.96. The van der Waals surface area contributed by atoms with Gasteiger partial charge in [0.25, 0.3) is 0 Å². The summed E-state index contributed by atoms with van der Waals surface area (Å²) in [6.45, 7) is 4.79. The molecular formula is C27H29N. The van der Waals surface area contributed by atoms with Gasteiger partial charge in [0.1, 0.15) is 0 Å². The molecular weight excluding hydrogens is 338 g/mol. The second-order valence-electron chi connectivity index (χ2n) is 9.01. The molecule has 0 amide bonds. The summed E-state index contributed by atoms with van der Waals surface area (Å²) in [4.78, 5) is 0. The van der Waals surface area contributed by atoms with Gasteiger partial charge in [-0.15, -0.1) is 0 Å². The molecule has 0 saturated carbocycles. The van der Waals surface area contributed by atoms with Crippen LogP contribution in [0.5, 0.6) is 0 Å². The summed E-state index contributed by atoms with van der Waals surface area (Å²) < 4.78 is 0. The molecule has 0 aromatic heterocycles. The molecule has 0 heterocycles. The van der Waals surface area contributed by atoms with E-state index in [0.29, 0.717) is 11.8 Å². The first-order valence-electron chi connectivity index (χ1n) is 10.7. The Morgan fingerprint density at radius 2 is 1.75 bits per heavy atom. The third-order valence-corrected chi connectivity index (χ3v) is 6.96. The number of benzene rings is 1. The highest BCUT2D eigenvalue weighted by Gasteiger charge is 2.44. The molecule has 0 saturated heterocycles. The van der Waals surface area contributed by atoms with Crippen LogP contribution in [-0.4, -0.2) is 0 Å². The maximum absolute atomic E-state index is 3.70. The minimum Gasteiger partial charge on any atom is -0.359 e. The Labute approximate surface area is 168 Å². The third kappa shape index (κ3) is 2.94. The fourth-order valence-corrected chi connectivity index (χ4v) is 5.32. The van der Waals surface area contributed by atoms with Gasteiger partial charge < -0.3 is 5.32 Å². The molecule has 1 heteroatoms. The molecule has 1 aromatic rings. The molecule has 0 radical (unpaired) electrons. The van der Waals surface area contributed by atoms with Crippen LogP contribution in [0.2, 0.25) is 0 Å². The lowest BCUT2D eigenvalue weighted by Gasteiger charge is -2.29. The quantitative estimate of drug-likeness (QED) is 0.601. The van der Waals surface area contributed by atoms with E-state index in [0.717, 1.165) is 12.8 Å². The van der Waals surface area contributed by atoms with Crippen LogP contribution >= 0.6 is 0 Å². The second kappa shape index (κ2) is 6.81. The Morgan fingerprint density at radius 1 is 0.893 bits per heavy atom. The second-order valence-corrected chi connectivity index (χ2v) is 9.01. The predicted molar refractivity (Wildman–Crippen MR) is 119 cm³/mol. The number of fused-ring (bicyclic) bond motifs is 3. The summed E-state index contributed by atoms with van der Waals surface area (Å²) in [6.07, 6.45) is 25.1. The monoisotopic (exact) mass is 367 g/mol. The van der Waals surface area contributed by atoms with Crippen molar-refractivity contribution in [3.63, 3.8) is 0 Å². The van der Waals surface area contributed by atoms with Gasteiger partial charge in [-0.25, -0.2) is 0 Å². The van der Waals surface area contributed by atoms with E-state index in [-0.39, 0.29) is 5.41 Å². The number of allylic oxidation sites excluding steroid dienone is 12. The van der Waals surface area contributed by atoms with Gasteiger partial charge in [-0.1, -0.05) is 68.5 Å². The Bertz CT molecular complexity index is 978. The van der Waals surface area contributed by atoms with Crippen molar-refractivity contribution in [1.82, 2.24) is 0 Å². The van der Waals surface area contributed by atoms with Crippen LogP contribution in [-0.2, 0) is 5.41 Å². The number of hydrogen-bond donors (Lipinski definition) is 1. The Hall–Kier alpha value is -2.54. The van der Waals surface area contributed by atoms with Crippen molar-refractivity contribution in [3.8, 4) is 0 Å². The van der Waals surface area contributed by atoms with E-state index < -0.39 is 0 Å². The van der Waals surface area contributed by atoms with Gasteiger partial charge in [-0.3, -0.25) is 0 Å². The Balaban J connectivity index is 1.38. The van der Waals surface area contributed by atoms with Gasteiger partial charge >= 0.3 is 0 Å². The molecule has 0 spiro atoms. The van der Waals surface area contributed by atoms with E-state index in [9.17, 15) is 0 Å². The normalized spacial score (nSPS) is 26.9. The summed E-state index contributed by atoms with van der Waals surface area (Å²) in [5, 5.41) is 3.70. The molecule has 0 fully saturated rings. The van der Waals surface area contributed by atoms with Gasteiger partial charge in [0.15, 0.2) is 0 Å². The molecule has 4 aliphatic carbocycles. The highest BCUT2D eigenvalue weighted by Crippen LogP contribution is 2.53. The highest BCUT2D eigenvalue weighted by molar-refractivity contribution is 5.59. The zero-order valence-corrected chi connectivity index (χ0v) is 16.9. The minimum absolute atomic E-state index is 0.175. The summed E-state index contributed by atoms with van der Waals surface area (Å²) in [5.41, 5.74) is 8.74. The number of hydrogen-bond acceptors (Lipinski definition) is 1. The zero-order valence-electron chi connectivity index (χ0n) is 16.9. The van der Waals surface area contributed by atoms with Crippen molar-refractivity contribution in [3.05, 3.63) is 101 Å². The maximum Gasteiger partial charge on any atom is 0.0384 e. The molecule has 28 heavy (non-hydrogen) atoms. The van der Waals surface area contributed by atoms with Crippen molar-refractivity contribution in [2.75, 3.05) is 5.32 Å². The van der Waals surface area contributed by atoms with Gasteiger partial charge in [-0.05, 0) is 77.5 Å². The molecule has 1 aromatic carbocycles. The molecule has 142 valence electrons. The smallest absolute Gasteiger partial charge is 0.0384 e. The van der Waals surface area contributed by atoms with Crippen LogP contribution in [0.1, 0.15) is 56.6 Å². The molecule has 2 atom stereocenters. The van der Waals surface area contributed by atoms with E-state index >= 15 is 0 Å². The largest absolute Gasteiger partial charge is 0.359 e. The van der Waals surface area contributed by atoms with E-state index in [4.69, 9.17) is 0 Å². The van der Waals surface area contributed by atoms with Gasteiger partial charge in [0.2, 0.25) is 0 Å². The van der Waals surface area contributed by atoms with Crippen LogP contribution in [0.3, 0.4) is 0 Å². The van der Waals surface area contributed by atoms with Gasteiger partial charge in [0, 0.05) is 17.3 Å². The van der Waals surface area contributed by atoms with Crippen LogP contribution in [0.4, 0.5) is 5.69 Å². The van der Waals surface area contributed by atoms with Crippen molar-refractivity contribution >= 4 is 5.69 Å². The minimum atomic E-state index is 0.175. The molecule has 5 rings (SSSR count). The molecule has 1 N–H and O–H groups in total. The SMILES string of the molecule is CC1(C)c2cc(NC3=CC=C(C4=CC=CCC4)CC3)ccc2C2C=CC=CC21. The first-order chi connectivity index (χ1) is 13.6. The number of anilines is 1. The Kier molecular flexibility index (Phi) is 4.27. The summed E-state index contributed by atoms with van der Waals surface area (Å²) in [6, 6.07) is 7.00. The van der Waals surface area contributed by atoms with Crippen LogP contribution < -0.4 is 5.32 Å². The van der Waals surface area contributed by atoms with Crippen molar-refractivity contribution in [1.29, 1.82) is 0 Å². The van der Waals surface area contributed by atoms with Crippen molar-refractivity contribution in [2.24, 2.45) is 5.92 Å². The fourth-order valence-electron chi connectivity index (χ4n) is 5.32. The predicted octanol–water partition coefficient (Wildman–Crippen LogP) is 7.10. The lowest BCUT2D eigenvalue weighted by atomic mass is 9.74. The van der Waals surface area contributed by atoms with Crippen molar-refractivity contribution in [2.45, 2.75) is 50.9 Å². The average molecular weight is 368 g/mol. The fraction of sp³-hybridized carbons (Fsp3) is 0.333. The molecule has 0 aliphatic heterocycles. The molecule has 4 aliphatic rings. The highest BCUT2D eigenvalue weighted by atomic mass is 14.9. The molecule has 0 bridgehead atoms. The summed E-state index contributed by atoms with van der Waals surface area (Å²) in [7, 11) is 0. The zero-order chi connectivity index (χ0) is 19.1.